The Kier molecular flexibility index (Phi) is 4.19. The molecule has 0 amide bonds. The first-order valence-electron chi connectivity index (χ1n) is 8.26. The minimum absolute atomic E-state index is 0.358. The Morgan fingerprint density at radius 1 is 0.846 bits per heavy atom. The van der Waals surface area contributed by atoms with E-state index in [4.69, 9.17) is 14.6 Å². The first kappa shape index (κ1) is 16.0. The van der Waals surface area contributed by atoms with Crippen LogP contribution >= 0.6 is 0 Å². The Balaban J connectivity index is 1.60. The molecule has 5 heteroatoms. The van der Waals surface area contributed by atoms with Crippen molar-refractivity contribution in [3.05, 3.63) is 72.3 Å². The fraction of sp³-hybridized carbons (Fsp3) is 0.0952. The highest BCUT2D eigenvalue weighted by molar-refractivity contribution is 6.08. The highest BCUT2D eigenvalue weighted by Crippen LogP contribution is 2.31. The van der Waals surface area contributed by atoms with Crippen LogP contribution in [0.2, 0.25) is 0 Å². The summed E-state index contributed by atoms with van der Waals surface area (Å²) in [6.45, 7) is 0.158. The van der Waals surface area contributed by atoms with Gasteiger partial charge in [0.15, 0.2) is 6.61 Å². The fourth-order valence-corrected chi connectivity index (χ4v) is 2.93. The lowest BCUT2D eigenvalue weighted by molar-refractivity contribution is -0.139. The molecule has 0 atom stereocenters. The van der Waals surface area contributed by atoms with E-state index in [1.807, 2.05) is 60.7 Å². The van der Waals surface area contributed by atoms with E-state index in [9.17, 15) is 4.79 Å². The summed E-state index contributed by atoms with van der Waals surface area (Å²) in [6.07, 6.45) is 0. The number of carbonyl (C=O) groups is 1. The van der Waals surface area contributed by atoms with Gasteiger partial charge in [-0.2, -0.15) is 0 Å². The van der Waals surface area contributed by atoms with Gasteiger partial charge in [-0.15, -0.1) is 0 Å². The molecule has 4 aromatic rings. The van der Waals surface area contributed by atoms with Gasteiger partial charge < -0.3 is 19.6 Å². The number of aromatic nitrogens is 1. The number of aliphatic carboxylic acids is 1. The first-order chi connectivity index (χ1) is 12.7. The molecule has 0 aliphatic carbocycles. The van der Waals surface area contributed by atoms with Crippen molar-refractivity contribution >= 4 is 27.8 Å². The first-order valence-corrected chi connectivity index (χ1v) is 8.26. The van der Waals surface area contributed by atoms with Crippen LogP contribution in [0.5, 0.6) is 11.5 Å². The number of benzene rings is 3. The second-order valence-electron chi connectivity index (χ2n) is 6.00. The molecule has 0 aliphatic rings. The van der Waals surface area contributed by atoms with Gasteiger partial charge in [0, 0.05) is 22.4 Å². The van der Waals surface area contributed by atoms with E-state index < -0.39 is 5.97 Å². The molecule has 0 unspecified atom stereocenters. The Labute approximate surface area is 149 Å². The van der Waals surface area contributed by atoms with Crippen molar-refractivity contribution in [2.24, 2.45) is 0 Å². The minimum Gasteiger partial charge on any atom is -0.489 e. The summed E-state index contributed by atoms with van der Waals surface area (Å²) in [6, 6.07) is 21.5. The van der Waals surface area contributed by atoms with E-state index in [-0.39, 0.29) is 6.61 Å². The quantitative estimate of drug-likeness (QED) is 0.543. The van der Waals surface area contributed by atoms with Gasteiger partial charge in [-0.1, -0.05) is 30.3 Å². The fourth-order valence-electron chi connectivity index (χ4n) is 2.93. The molecular formula is C21H17NO4. The maximum absolute atomic E-state index is 10.6. The van der Waals surface area contributed by atoms with Crippen LogP contribution in [-0.4, -0.2) is 22.7 Å². The van der Waals surface area contributed by atoms with Crippen molar-refractivity contribution in [2.75, 3.05) is 6.61 Å². The molecule has 26 heavy (non-hydrogen) atoms. The van der Waals surface area contributed by atoms with Gasteiger partial charge in [0.1, 0.15) is 18.1 Å². The molecular weight excluding hydrogens is 330 g/mol. The third kappa shape index (κ3) is 3.32. The monoisotopic (exact) mass is 347 g/mol. The van der Waals surface area contributed by atoms with Crippen molar-refractivity contribution < 1.29 is 19.4 Å². The summed E-state index contributed by atoms with van der Waals surface area (Å²) >= 11 is 0. The molecule has 4 rings (SSSR count). The number of hydrogen-bond acceptors (Lipinski definition) is 3. The number of nitrogens with one attached hydrogen (secondary N) is 1. The molecule has 5 nitrogen and oxygen atoms in total. The molecule has 0 saturated carbocycles. The van der Waals surface area contributed by atoms with Gasteiger partial charge >= 0.3 is 5.97 Å². The number of ether oxygens (including phenoxy) is 2. The Morgan fingerprint density at radius 3 is 2.42 bits per heavy atom. The molecule has 0 fully saturated rings. The predicted molar refractivity (Wildman–Crippen MR) is 99.7 cm³/mol. The van der Waals surface area contributed by atoms with Crippen molar-refractivity contribution in [3.63, 3.8) is 0 Å². The smallest absolute Gasteiger partial charge is 0.341 e. The van der Waals surface area contributed by atoms with E-state index in [2.05, 4.69) is 4.98 Å². The summed E-state index contributed by atoms with van der Waals surface area (Å²) in [5.74, 6) is 0.322. The van der Waals surface area contributed by atoms with E-state index in [1.54, 1.807) is 6.07 Å². The molecule has 0 bridgehead atoms. The average molecular weight is 347 g/mol. The zero-order valence-electron chi connectivity index (χ0n) is 13.9. The van der Waals surface area contributed by atoms with Crippen LogP contribution in [0.1, 0.15) is 5.56 Å². The standard InChI is InChI=1S/C21H17NO4/c23-21(24)13-26-16-6-8-17-18-10-15(7-9-19(18)22-20(17)11-16)25-12-14-4-2-1-3-5-14/h1-11,22H,12-13H2,(H,23,24). The van der Waals surface area contributed by atoms with E-state index in [0.717, 1.165) is 33.1 Å². The number of fused-ring (bicyclic) bond motifs is 3. The predicted octanol–water partition coefficient (Wildman–Crippen LogP) is 4.36. The summed E-state index contributed by atoms with van der Waals surface area (Å²) in [4.78, 5) is 14.0. The second-order valence-corrected chi connectivity index (χ2v) is 6.00. The zero-order valence-corrected chi connectivity index (χ0v) is 13.9. The molecule has 0 saturated heterocycles. The summed E-state index contributed by atoms with van der Waals surface area (Å²) < 4.78 is 11.1. The Morgan fingerprint density at radius 2 is 1.62 bits per heavy atom. The van der Waals surface area contributed by atoms with Gasteiger partial charge in [0.05, 0.1) is 5.52 Å². The lowest BCUT2D eigenvalue weighted by Crippen LogP contribution is -2.09. The number of hydrogen-bond donors (Lipinski definition) is 2. The Hall–Kier alpha value is -3.47. The van der Waals surface area contributed by atoms with Crippen molar-refractivity contribution in [1.29, 1.82) is 0 Å². The molecule has 0 spiro atoms. The van der Waals surface area contributed by atoms with Crippen LogP contribution in [0.4, 0.5) is 0 Å². The number of aromatic amines is 1. The number of carboxylic acid groups (broad SMARTS) is 1. The maximum Gasteiger partial charge on any atom is 0.341 e. The summed E-state index contributed by atoms with van der Waals surface area (Å²) in [7, 11) is 0. The number of rotatable bonds is 6. The van der Waals surface area contributed by atoms with Crippen LogP contribution in [0.25, 0.3) is 21.8 Å². The zero-order chi connectivity index (χ0) is 17.9. The lowest BCUT2D eigenvalue weighted by Gasteiger charge is -2.06. The molecule has 1 heterocycles. The van der Waals surface area contributed by atoms with Gasteiger partial charge in [0.2, 0.25) is 0 Å². The highest BCUT2D eigenvalue weighted by atomic mass is 16.5. The van der Waals surface area contributed by atoms with Crippen molar-refractivity contribution in [3.8, 4) is 11.5 Å². The van der Waals surface area contributed by atoms with Gasteiger partial charge in [-0.3, -0.25) is 0 Å². The molecule has 2 N–H and O–H groups in total. The van der Waals surface area contributed by atoms with Crippen molar-refractivity contribution in [2.45, 2.75) is 6.61 Å². The largest absolute Gasteiger partial charge is 0.489 e. The SMILES string of the molecule is O=C(O)COc1ccc2c(c1)[nH]c1ccc(OCc3ccccc3)cc12. The van der Waals surface area contributed by atoms with Gasteiger partial charge in [-0.05, 0) is 35.9 Å². The Bertz CT molecular complexity index is 1070. The van der Waals surface area contributed by atoms with E-state index in [1.165, 1.54) is 0 Å². The van der Waals surface area contributed by atoms with E-state index in [0.29, 0.717) is 12.4 Å². The van der Waals surface area contributed by atoms with Gasteiger partial charge in [-0.25, -0.2) is 4.79 Å². The summed E-state index contributed by atoms with van der Waals surface area (Å²) in [5.41, 5.74) is 3.00. The molecule has 130 valence electrons. The average Bonchev–Trinajstić information content (AvgIpc) is 3.02. The maximum atomic E-state index is 10.6. The third-order valence-electron chi connectivity index (χ3n) is 4.15. The minimum atomic E-state index is -0.998. The van der Waals surface area contributed by atoms with Crippen LogP contribution in [0, 0.1) is 0 Å². The molecule has 0 radical (unpaired) electrons. The number of carboxylic acids is 1. The molecule has 3 aromatic carbocycles. The van der Waals surface area contributed by atoms with Crippen LogP contribution in [0.3, 0.4) is 0 Å². The summed E-state index contributed by atoms with van der Waals surface area (Å²) in [5, 5.41) is 10.8. The number of H-pyrrole nitrogens is 1. The lowest BCUT2D eigenvalue weighted by atomic mass is 10.1. The topological polar surface area (TPSA) is 71.5 Å². The van der Waals surface area contributed by atoms with Crippen LogP contribution in [0.15, 0.2) is 66.7 Å². The molecule has 0 aliphatic heterocycles. The van der Waals surface area contributed by atoms with Crippen LogP contribution < -0.4 is 9.47 Å². The highest BCUT2D eigenvalue weighted by Gasteiger charge is 2.08. The van der Waals surface area contributed by atoms with E-state index >= 15 is 0 Å². The second kappa shape index (κ2) is 6.80. The van der Waals surface area contributed by atoms with Crippen molar-refractivity contribution in [1.82, 2.24) is 4.98 Å². The normalized spacial score (nSPS) is 10.9. The van der Waals surface area contributed by atoms with Crippen LogP contribution in [-0.2, 0) is 11.4 Å². The van der Waals surface area contributed by atoms with Gasteiger partial charge in [0.25, 0.3) is 0 Å². The third-order valence-corrected chi connectivity index (χ3v) is 4.15. The molecule has 1 aromatic heterocycles.